The highest BCUT2D eigenvalue weighted by Crippen LogP contribution is 2.18. The molecule has 1 aliphatic rings. The average molecular weight is 327 g/mol. The SMILES string of the molecule is COc1ccc(CCNc2ccc(OCC3CCCO3)cc2)cc1. The number of nitrogens with one attached hydrogen (secondary N) is 1. The van der Waals surface area contributed by atoms with Crippen LogP contribution in [0.4, 0.5) is 5.69 Å². The summed E-state index contributed by atoms with van der Waals surface area (Å²) in [4.78, 5) is 0. The maximum Gasteiger partial charge on any atom is 0.119 e. The summed E-state index contributed by atoms with van der Waals surface area (Å²) < 4.78 is 16.5. The van der Waals surface area contributed by atoms with Crippen LogP contribution in [0.2, 0.25) is 0 Å². The van der Waals surface area contributed by atoms with Gasteiger partial charge in [-0.05, 0) is 61.2 Å². The lowest BCUT2D eigenvalue weighted by atomic mass is 10.1. The van der Waals surface area contributed by atoms with Gasteiger partial charge < -0.3 is 19.5 Å². The highest BCUT2D eigenvalue weighted by atomic mass is 16.5. The van der Waals surface area contributed by atoms with E-state index in [1.807, 2.05) is 24.3 Å². The number of hydrogen-bond donors (Lipinski definition) is 1. The van der Waals surface area contributed by atoms with E-state index in [1.165, 1.54) is 5.56 Å². The minimum absolute atomic E-state index is 0.257. The van der Waals surface area contributed by atoms with E-state index in [0.717, 1.165) is 49.6 Å². The highest BCUT2D eigenvalue weighted by molar-refractivity contribution is 5.46. The summed E-state index contributed by atoms with van der Waals surface area (Å²) in [6, 6.07) is 16.3. The molecule has 2 aromatic carbocycles. The molecule has 4 nitrogen and oxygen atoms in total. The molecule has 4 heteroatoms. The summed E-state index contributed by atoms with van der Waals surface area (Å²) in [5.74, 6) is 1.79. The molecule has 0 saturated carbocycles. The van der Waals surface area contributed by atoms with Crippen LogP contribution < -0.4 is 14.8 Å². The Hall–Kier alpha value is -2.20. The van der Waals surface area contributed by atoms with Crippen LogP contribution in [-0.4, -0.2) is 33.0 Å². The number of rotatable bonds is 8. The molecule has 1 unspecified atom stereocenters. The fourth-order valence-electron chi connectivity index (χ4n) is 2.78. The van der Waals surface area contributed by atoms with Crippen molar-refractivity contribution in [2.45, 2.75) is 25.4 Å². The fraction of sp³-hybridized carbons (Fsp3) is 0.400. The van der Waals surface area contributed by atoms with Crippen molar-refractivity contribution in [1.82, 2.24) is 0 Å². The van der Waals surface area contributed by atoms with Crippen molar-refractivity contribution in [2.75, 3.05) is 32.2 Å². The van der Waals surface area contributed by atoms with E-state index in [-0.39, 0.29) is 6.10 Å². The smallest absolute Gasteiger partial charge is 0.119 e. The first-order valence-electron chi connectivity index (χ1n) is 8.55. The molecule has 0 aromatic heterocycles. The third-order valence-corrected chi connectivity index (χ3v) is 4.22. The molecule has 0 bridgehead atoms. The molecular formula is C20H25NO3. The van der Waals surface area contributed by atoms with Gasteiger partial charge in [0.05, 0.1) is 13.2 Å². The molecule has 24 heavy (non-hydrogen) atoms. The number of anilines is 1. The predicted molar refractivity (Wildman–Crippen MR) is 96.1 cm³/mol. The summed E-state index contributed by atoms with van der Waals surface area (Å²) in [7, 11) is 1.69. The van der Waals surface area contributed by atoms with Crippen molar-refractivity contribution in [3.05, 3.63) is 54.1 Å². The van der Waals surface area contributed by atoms with Crippen LogP contribution in [0.1, 0.15) is 18.4 Å². The second-order valence-electron chi connectivity index (χ2n) is 6.00. The molecule has 1 aliphatic heterocycles. The minimum Gasteiger partial charge on any atom is -0.497 e. The zero-order chi connectivity index (χ0) is 16.6. The van der Waals surface area contributed by atoms with Gasteiger partial charge in [0.25, 0.3) is 0 Å². The zero-order valence-corrected chi connectivity index (χ0v) is 14.2. The topological polar surface area (TPSA) is 39.7 Å². The van der Waals surface area contributed by atoms with E-state index in [9.17, 15) is 0 Å². The summed E-state index contributed by atoms with van der Waals surface area (Å²) in [6.45, 7) is 2.40. The average Bonchev–Trinajstić information content (AvgIpc) is 3.15. The highest BCUT2D eigenvalue weighted by Gasteiger charge is 2.15. The standard InChI is InChI=1S/C20H25NO3/c1-22-18-8-4-16(5-9-18)12-13-21-17-6-10-19(11-7-17)24-15-20-3-2-14-23-20/h4-11,20-21H,2-3,12-15H2,1H3. The molecule has 3 rings (SSSR count). The van der Waals surface area contributed by atoms with Crippen LogP contribution >= 0.6 is 0 Å². The first-order chi connectivity index (χ1) is 11.8. The summed E-state index contributed by atoms with van der Waals surface area (Å²) in [5, 5.41) is 3.43. The van der Waals surface area contributed by atoms with E-state index in [0.29, 0.717) is 6.61 Å². The Morgan fingerprint density at radius 3 is 2.46 bits per heavy atom. The predicted octanol–water partition coefficient (Wildman–Crippen LogP) is 3.91. The molecule has 0 radical (unpaired) electrons. The Bertz CT molecular complexity index is 604. The van der Waals surface area contributed by atoms with Gasteiger partial charge in [0.15, 0.2) is 0 Å². The number of ether oxygens (including phenoxy) is 3. The first kappa shape index (κ1) is 16.7. The molecule has 1 fully saturated rings. The molecule has 2 aromatic rings. The Morgan fingerprint density at radius 1 is 1.04 bits per heavy atom. The molecule has 0 spiro atoms. The second kappa shape index (κ2) is 8.60. The van der Waals surface area contributed by atoms with Crippen molar-refractivity contribution in [3.63, 3.8) is 0 Å². The van der Waals surface area contributed by atoms with Crippen molar-refractivity contribution in [2.24, 2.45) is 0 Å². The van der Waals surface area contributed by atoms with E-state index in [4.69, 9.17) is 14.2 Å². The third kappa shape index (κ3) is 4.90. The lowest BCUT2D eigenvalue weighted by molar-refractivity contribution is 0.0679. The van der Waals surface area contributed by atoms with Crippen LogP contribution in [0.3, 0.4) is 0 Å². The zero-order valence-electron chi connectivity index (χ0n) is 14.2. The van der Waals surface area contributed by atoms with E-state index in [1.54, 1.807) is 7.11 Å². The van der Waals surface area contributed by atoms with Crippen molar-refractivity contribution < 1.29 is 14.2 Å². The first-order valence-corrected chi connectivity index (χ1v) is 8.55. The van der Waals surface area contributed by atoms with Gasteiger partial charge in [-0.3, -0.25) is 0 Å². The molecule has 0 amide bonds. The van der Waals surface area contributed by atoms with Crippen LogP contribution in [0.15, 0.2) is 48.5 Å². The van der Waals surface area contributed by atoms with Crippen molar-refractivity contribution in [1.29, 1.82) is 0 Å². The van der Waals surface area contributed by atoms with Gasteiger partial charge in [-0.15, -0.1) is 0 Å². The normalized spacial score (nSPS) is 16.8. The van der Waals surface area contributed by atoms with E-state index >= 15 is 0 Å². The van der Waals surface area contributed by atoms with Crippen molar-refractivity contribution in [3.8, 4) is 11.5 Å². The Labute approximate surface area is 143 Å². The third-order valence-electron chi connectivity index (χ3n) is 4.22. The summed E-state index contributed by atoms with van der Waals surface area (Å²) in [6.07, 6.45) is 3.48. The van der Waals surface area contributed by atoms with Gasteiger partial charge in [0.1, 0.15) is 18.1 Å². The van der Waals surface area contributed by atoms with Gasteiger partial charge in [-0.1, -0.05) is 12.1 Å². The second-order valence-corrected chi connectivity index (χ2v) is 6.00. The van der Waals surface area contributed by atoms with Gasteiger partial charge >= 0.3 is 0 Å². The molecule has 1 heterocycles. The number of methoxy groups -OCH3 is 1. The van der Waals surface area contributed by atoms with E-state index < -0.39 is 0 Å². The van der Waals surface area contributed by atoms with Crippen LogP contribution in [0.5, 0.6) is 11.5 Å². The van der Waals surface area contributed by atoms with Crippen molar-refractivity contribution >= 4 is 5.69 Å². The molecule has 0 aliphatic carbocycles. The number of benzene rings is 2. The molecule has 1 atom stereocenters. The monoisotopic (exact) mass is 327 g/mol. The van der Waals surface area contributed by atoms with Gasteiger partial charge in [0, 0.05) is 18.8 Å². The fourth-order valence-corrected chi connectivity index (χ4v) is 2.78. The van der Waals surface area contributed by atoms with Crippen LogP contribution in [-0.2, 0) is 11.2 Å². The summed E-state index contributed by atoms with van der Waals surface area (Å²) in [5.41, 5.74) is 2.40. The maximum atomic E-state index is 5.78. The minimum atomic E-state index is 0.257. The Balaban J connectivity index is 1.40. The van der Waals surface area contributed by atoms with E-state index in [2.05, 4.69) is 29.6 Å². The Kier molecular flexibility index (Phi) is 5.96. The van der Waals surface area contributed by atoms with Gasteiger partial charge in [-0.25, -0.2) is 0 Å². The molecule has 1 saturated heterocycles. The lowest BCUT2D eigenvalue weighted by Gasteiger charge is -2.12. The number of hydrogen-bond acceptors (Lipinski definition) is 4. The van der Waals surface area contributed by atoms with Crippen LogP contribution in [0.25, 0.3) is 0 Å². The van der Waals surface area contributed by atoms with Crippen LogP contribution in [0, 0.1) is 0 Å². The lowest BCUT2D eigenvalue weighted by Crippen LogP contribution is -2.16. The maximum absolute atomic E-state index is 5.78. The molecular weight excluding hydrogens is 302 g/mol. The summed E-state index contributed by atoms with van der Waals surface area (Å²) >= 11 is 0. The Morgan fingerprint density at radius 2 is 1.79 bits per heavy atom. The largest absolute Gasteiger partial charge is 0.497 e. The van der Waals surface area contributed by atoms with Gasteiger partial charge in [0.2, 0.25) is 0 Å². The van der Waals surface area contributed by atoms with Gasteiger partial charge in [-0.2, -0.15) is 0 Å². The molecule has 1 N–H and O–H groups in total. The molecule has 128 valence electrons. The quantitative estimate of drug-likeness (QED) is 0.798.